The third-order valence-corrected chi connectivity index (χ3v) is 6.34. The van der Waals surface area contributed by atoms with Crippen LogP contribution in [0.15, 0.2) is 28.9 Å². The van der Waals surface area contributed by atoms with Gasteiger partial charge in [0.1, 0.15) is 5.60 Å². The van der Waals surface area contributed by atoms with Gasteiger partial charge in [0.2, 0.25) is 5.88 Å². The van der Waals surface area contributed by atoms with Crippen molar-refractivity contribution in [2.24, 2.45) is 5.84 Å². The largest absolute Gasteiger partial charge is 0.481 e. The number of nitrogens with zero attached hydrogens (tertiary/aromatic N) is 3. The van der Waals surface area contributed by atoms with Crippen LogP contribution in [0.25, 0.3) is 10.9 Å². The van der Waals surface area contributed by atoms with Gasteiger partial charge in [0, 0.05) is 27.7 Å². The van der Waals surface area contributed by atoms with E-state index in [0.29, 0.717) is 22.7 Å². The molecule has 10 nitrogen and oxygen atoms in total. The lowest BCUT2D eigenvalue weighted by molar-refractivity contribution is 0.0496. The first-order valence-electron chi connectivity index (χ1n) is 12.3. The van der Waals surface area contributed by atoms with Crippen LogP contribution in [-0.2, 0) is 17.8 Å². The van der Waals surface area contributed by atoms with Crippen LogP contribution in [0.1, 0.15) is 73.4 Å². The molecule has 0 fully saturated rings. The fourth-order valence-corrected chi connectivity index (χ4v) is 4.69. The number of aryl methyl sites for hydroxylation is 2. The van der Waals surface area contributed by atoms with Crippen molar-refractivity contribution in [2.75, 3.05) is 7.11 Å². The number of nitrogens with one attached hydrogen (secondary N) is 2. The molecule has 4 N–H and O–H groups in total. The number of fused-ring (bicyclic) bond motifs is 1. The van der Waals surface area contributed by atoms with Crippen molar-refractivity contribution in [3.63, 3.8) is 0 Å². The second-order valence-electron chi connectivity index (χ2n) is 10.5. The summed E-state index contributed by atoms with van der Waals surface area (Å²) >= 11 is 3.55. The molecule has 3 aromatic rings. The quantitative estimate of drug-likeness (QED) is 0.191. The van der Waals surface area contributed by atoms with Gasteiger partial charge in [0.15, 0.2) is 0 Å². The number of carbonyl (C=O) groups excluding carboxylic acids is 2. The first-order chi connectivity index (χ1) is 17.7. The monoisotopic (exact) mass is 588 g/mol. The number of halogens is 1. The zero-order chi connectivity index (χ0) is 28.4. The van der Waals surface area contributed by atoms with E-state index in [9.17, 15) is 9.59 Å². The van der Waals surface area contributed by atoms with Crippen molar-refractivity contribution < 1.29 is 19.1 Å². The summed E-state index contributed by atoms with van der Waals surface area (Å²) in [5.74, 6) is 6.38. The molecule has 1 aromatic carbocycles. The Labute approximate surface area is 231 Å². The Kier molecular flexibility index (Phi) is 9.06. The summed E-state index contributed by atoms with van der Waals surface area (Å²) in [5, 5.41) is 2.06. The third kappa shape index (κ3) is 6.83. The SMILES string of the molecule is COc1nc(CNNC(=O)OC(C)(C)C)cc(C)c1CN(N)C(=O)c1cc(Br)cc2c1c(C)cn2C(C)C. The number of amides is 2. The smallest absolute Gasteiger partial charge is 0.422 e. The van der Waals surface area contributed by atoms with Gasteiger partial charge >= 0.3 is 6.09 Å². The topological polar surface area (TPSA) is 124 Å². The molecule has 2 heterocycles. The summed E-state index contributed by atoms with van der Waals surface area (Å²) in [4.78, 5) is 30.0. The highest BCUT2D eigenvalue weighted by Gasteiger charge is 2.23. The van der Waals surface area contributed by atoms with Crippen molar-refractivity contribution in [2.45, 2.75) is 73.2 Å². The average Bonchev–Trinajstić information content (AvgIpc) is 3.14. The Hall–Kier alpha value is -3.15. The highest BCUT2D eigenvalue weighted by Crippen LogP contribution is 2.32. The number of carbonyl (C=O) groups is 2. The van der Waals surface area contributed by atoms with Crippen molar-refractivity contribution in [1.29, 1.82) is 0 Å². The Morgan fingerprint density at radius 3 is 2.47 bits per heavy atom. The molecule has 0 unspecified atom stereocenters. The van der Waals surface area contributed by atoms with Crippen molar-refractivity contribution in [3.05, 3.63) is 56.8 Å². The number of nitrogens with two attached hydrogens (primary N) is 1. The minimum absolute atomic E-state index is 0.0999. The van der Waals surface area contributed by atoms with Gasteiger partial charge in [-0.15, -0.1) is 0 Å². The number of ether oxygens (including phenoxy) is 2. The van der Waals surface area contributed by atoms with E-state index < -0.39 is 11.7 Å². The molecule has 2 aromatic heterocycles. The summed E-state index contributed by atoms with van der Waals surface area (Å²) in [6.45, 7) is 13.8. The minimum atomic E-state index is -0.601. The van der Waals surface area contributed by atoms with Crippen LogP contribution in [0.3, 0.4) is 0 Å². The van der Waals surface area contributed by atoms with Gasteiger partial charge in [-0.05, 0) is 77.8 Å². The van der Waals surface area contributed by atoms with Gasteiger partial charge in [0.05, 0.1) is 37.0 Å². The van der Waals surface area contributed by atoms with Gasteiger partial charge in [-0.25, -0.2) is 21.0 Å². The maximum absolute atomic E-state index is 13.6. The Bertz CT molecular complexity index is 1350. The number of hydrogen-bond acceptors (Lipinski definition) is 7. The maximum atomic E-state index is 13.6. The number of pyridine rings is 1. The summed E-state index contributed by atoms with van der Waals surface area (Å²) < 4.78 is 13.7. The van der Waals surface area contributed by atoms with Crippen LogP contribution >= 0.6 is 15.9 Å². The number of methoxy groups -OCH3 is 1. The molecule has 2 amide bonds. The standard InChI is InChI=1S/C27H37BrN6O4/c1-15(2)33-13-17(4)23-20(10-18(28)11-22(23)33)25(35)34(29)14-21-16(3)9-19(31-24(21)37-8)12-30-32-26(36)38-27(5,6)7/h9-11,13,15,30H,12,14,29H2,1-8H3,(H,32,36). The Morgan fingerprint density at radius 2 is 1.87 bits per heavy atom. The molecule has 0 atom stereocenters. The van der Waals surface area contributed by atoms with E-state index in [0.717, 1.165) is 26.5 Å². The first kappa shape index (κ1) is 29.4. The van der Waals surface area contributed by atoms with Crippen LogP contribution in [0, 0.1) is 13.8 Å². The number of hydrogen-bond donors (Lipinski definition) is 3. The van der Waals surface area contributed by atoms with Gasteiger partial charge in [-0.2, -0.15) is 0 Å². The van der Waals surface area contributed by atoms with Gasteiger partial charge in [-0.1, -0.05) is 15.9 Å². The predicted molar refractivity (Wildman–Crippen MR) is 151 cm³/mol. The molecule has 0 aliphatic rings. The van der Waals surface area contributed by atoms with Gasteiger partial charge < -0.3 is 14.0 Å². The van der Waals surface area contributed by atoms with Crippen LogP contribution in [0.5, 0.6) is 5.88 Å². The van der Waals surface area contributed by atoms with E-state index in [1.54, 1.807) is 26.8 Å². The molecule has 0 spiro atoms. The molecule has 0 saturated carbocycles. The molecule has 0 aliphatic heterocycles. The minimum Gasteiger partial charge on any atom is -0.481 e. The second kappa shape index (κ2) is 11.7. The van der Waals surface area contributed by atoms with Crippen LogP contribution in [0.2, 0.25) is 0 Å². The van der Waals surface area contributed by atoms with E-state index in [4.69, 9.17) is 15.3 Å². The van der Waals surface area contributed by atoms with Gasteiger partial charge in [0.25, 0.3) is 5.91 Å². The summed E-state index contributed by atoms with van der Waals surface area (Å²) in [5.41, 5.74) is 9.35. The average molecular weight is 590 g/mol. The second-order valence-corrected chi connectivity index (χ2v) is 11.4. The van der Waals surface area contributed by atoms with E-state index in [1.165, 1.54) is 12.1 Å². The molecular weight excluding hydrogens is 552 g/mol. The maximum Gasteiger partial charge on any atom is 0.422 e. The Morgan fingerprint density at radius 1 is 1.18 bits per heavy atom. The normalized spacial score (nSPS) is 11.7. The van der Waals surface area contributed by atoms with E-state index in [1.807, 2.05) is 26.0 Å². The molecule has 3 rings (SSSR count). The van der Waals surface area contributed by atoms with Crippen molar-refractivity contribution in [3.8, 4) is 5.88 Å². The molecule has 0 saturated heterocycles. The van der Waals surface area contributed by atoms with Crippen LogP contribution in [0.4, 0.5) is 4.79 Å². The summed E-state index contributed by atoms with van der Waals surface area (Å²) in [7, 11) is 1.51. The number of hydrazine groups is 2. The third-order valence-electron chi connectivity index (χ3n) is 5.88. The molecule has 38 heavy (non-hydrogen) atoms. The predicted octanol–water partition coefficient (Wildman–Crippen LogP) is 5.05. The zero-order valence-corrected chi connectivity index (χ0v) is 24.8. The molecule has 206 valence electrons. The number of rotatable bonds is 8. The summed E-state index contributed by atoms with van der Waals surface area (Å²) in [6, 6.07) is 5.91. The highest BCUT2D eigenvalue weighted by atomic mass is 79.9. The van der Waals surface area contributed by atoms with E-state index in [-0.39, 0.29) is 25.0 Å². The van der Waals surface area contributed by atoms with Crippen molar-refractivity contribution in [1.82, 2.24) is 25.4 Å². The van der Waals surface area contributed by atoms with Crippen LogP contribution < -0.4 is 21.4 Å². The molecule has 0 bridgehead atoms. The lowest BCUT2D eigenvalue weighted by Gasteiger charge is -2.21. The first-order valence-corrected chi connectivity index (χ1v) is 13.1. The molecule has 0 aliphatic carbocycles. The number of benzene rings is 1. The molecule has 11 heteroatoms. The lowest BCUT2D eigenvalue weighted by Crippen LogP contribution is -2.41. The Balaban J connectivity index is 1.81. The zero-order valence-electron chi connectivity index (χ0n) is 23.2. The molecular formula is C27H37BrN6O4. The fourth-order valence-electron chi connectivity index (χ4n) is 4.24. The van der Waals surface area contributed by atoms with E-state index >= 15 is 0 Å². The van der Waals surface area contributed by atoms with Crippen LogP contribution in [-0.4, -0.2) is 39.3 Å². The molecule has 0 radical (unpaired) electrons. The summed E-state index contributed by atoms with van der Waals surface area (Å²) in [6.07, 6.45) is 1.47. The van der Waals surface area contributed by atoms with Crippen molar-refractivity contribution >= 4 is 38.8 Å². The fraction of sp³-hybridized carbons (Fsp3) is 0.444. The number of aromatic nitrogens is 2. The lowest BCUT2D eigenvalue weighted by atomic mass is 10.1. The van der Waals surface area contributed by atoms with Gasteiger partial charge in [-0.3, -0.25) is 15.2 Å². The highest BCUT2D eigenvalue weighted by molar-refractivity contribution is 9.10. The van der Waals surface area contributed by atoms with E-state index in [2.05, 4.69) is 56.4 Å².